The molecule has 1 aromatic heterocycles. The molecule has 4 heterocycles. The van der Waals surface area contributed by atoms with E-state index in [2.05, 4.69) is 19.2 Å². The smallest absolute Gasteiger partial charge is 0.266 e. The van der Waals surface area contributed by atoms with E-state index in [1.807, 2.05) is 73.7 Å². The zero-order chi connectivity index (χ0) is 26.3. The van der Waals surface area contributed by atoms with E-state index in [9.17, 15) is 14.4 Å². The van der Waals surface area contributed by atoms with Gasteiger partial charge >= 0.3 is 0 Å². The number of nitrogens with one attached hydrogen (secondary N) is 1. The third-order valence-electron chi connectivity index (χ3n) is 8.38. The average molecular weight is 505 g/mol. The van der Waals surface area contributed by atoms with E-state index in [1.165, 1.54) is 4.90 Å². The molecule has 7 nitrogen and oxygen atoms in total. The predicted octanol–water partition coefficient (Wildman–Crippen LogP) is 4.07. The molecule has 3 aliphatic rings. The Morgan fingerprint density at radius 3 is 2.39 bits per heavy atom. The predicted molar refractivity (Wildman–Crippen MR) is 145 cm³/mol. The van der Waals surface area contributed by atoms with Crippen LogP contribution in [0.3, 0.4) is 0 Å². The fraction of sp³-hybridized carbons (Fsp3) is 0.290. The fourth-order valence-electron chi connectivity index (χ4n) is 6.88. The Morgan fingerprint density at radius 2 is 1.63 bits per heavy atom. The van der Waals surface area contributed by atoms with Crippen LogP contribution in [0.2, 0.25) is 0 Å². The van der Waals surface area contributed by atoms with E-state index in [1.54, 1.807) is 10.6 Å². The molecule has 0 saturated carbocycles. The molecular weight excluding hydrogens is 476 g/mol. The molecule has 7 heteroatoms. The second-order valence-electron chi connectivity index (χ2n) is 11.1. The topological polar surface area (TPSA) is 84.3 Å². The summed E-state index contributed by atoms with van der Waals surface area (Å²) < 4.78 is 1.64. The van der Waals surface area contributed by atoms with E-state index < -0.39 is 17.4 Å². The number of para-hydroxylation sites is 2. The van der Waals surface area contributed by atoms with Gasteiger partial charge in [0.15, 0.2) is 0 Å². The van der Waals surface area contributed by atoms with E-state index in [0.717, 1.165) is 11.1 Å². The van der Waals surface area contributed by atoms with Crippen LogP contribution in [0, 0.1) is 24.7 Å². The van der Waals surface area contributed by atoms with Crippen LogP contribution in [-0.4, -0.2) is 27.4 Å². The largest absolute Gasteiger partial charge is 0.297 e. The van der Waals surface area contributed by atoms with Crippen molar-refractivity contribution in [1.29, 1.82) is 0 Å². The van der Waals surface area contributed by atoms with Crippen LogP contribution in [0.1, 0.15) is 37.2 Å². The first-order chi connectivity index (χ1) is 18.3. The standard InChI is InChI=1S/C31H28N4O3/c1-17(2)16-23-25-26(29(38)34(28(25)37)19-14-12-18(3)13-15-19)31(33-23)21-9-5-7-11-24(21)35-27(36)20-8-4-6-10-22(20)32-30(31)35/h4-15,17,23,25-26,33H,16H2,1-3H3/t23-,25-,26+,31-/m0/s1. The van der Waals surface area contributed by atoms with E-state index in [0.29, 0.717) is 40.4 Å². The van der Waals surface area contributed by atoms with Crippen LogP contribution in [0.5, 0.6) is 0 Å². The summed E-state index contributed by atoms with van der Waals surface area (Å²) in [7, 11) is 0. The number of aryl methyl sites for hydroxylation is 1. The number of carbonyl (C=O) groups excluding carboxylic acids is 2. The summed E-state index contributed by atoms with van der Waals surface area (Å²) >= 11 is 0. The molecule has 4 aromatic rings. The Morgan fingerprint density at radius 1 is 0.921 bits per heavy atom. The van der Waals surface area contributed by atoms with Crippen molar-refractivity contribution in [3.63, 3.8) is 0 Å². The maximum Gasteiger partial charge on any atom is 0.266 e. The molecule has 1 spiro atoms. The van der Waals surface area contributed by atoms with Crippen molar-refractivity contribution < 1.29 is 9.59 Å². The van der Waals surface area contributed by atoms with Gasteiger partial charge in [0.05, 0.1) is 34.1 Å². The molecule has 190 valence electrons. The molecule has 0 radical (unpaired) electrons. The van der Waals surface area contributed by atoms with Crippen molar-refractivity contribution in [2.45, 2.75) is 38.8 Å². The van der Waals surface area contributed by atoms with Crippen molar-refractivity contribution >= 4 is 28.4 Å². The highest BCUT2D eigenvalue weighted by Gasteiger charge is 2.69. The number of nitrogens with zero attached hydrogens (tertiary/aromatic N) is 3. The quantitative estimate of drug-likeness (QED) is 0.425. The lowest BCUT2D eigenvalue weighted by molar-refractivity contribution is -0.123. The highest BCUT2D eigenvalue weighted by molar-refractivity contribution is 6.23. The van der Waals surface area contributed by atoms with Gasteiger partial charge in [-0.25, -0.2) is 9.88 Å². The number of anilines is 1. The summed E-state index contributed by atoms with van der Waals surface area (Å²) in [6.07, 6.45) is 0.712. The number of hydrogen-bond donors (Lipinski definition) is 1. The average Bonchev–Trinajstić information content (AvgIpc) is 3.48. The molecule has 3 aliphatic heterocycles. The normalized spacial score (nSPS) is 25.5. The molecule has 2 saturated heterocycles. The molecule has 2 amide bonds. The number of amides is 2. The molecule has 0 bridgehead atoms. The number of benzene rings is 3. The van der Waals surface area contributed by atoms with Crippen molar-refractivity contribution in [3.05, 3.63) is 100 Å². The van der Waals surface area contributed by atoms with Crippen LogP contribution in [0.25, 0.3) is 16.6 Å². The van der Waals surface area contributed by atoms with Gasteiger partial charge in [-0.1, -0.05) is 61.9 Å². The first-order valence-corrected chi connectivity index (χ1v) is 13.2. The van der Waals surface area contributed by atoms with E-state index in [4.69, 9.17) is 4.98 Å². The number of imide groups is 1. The molecule has 38 heavy (non-hydrogen) atoms. The van der Waals surface area contributed by atoms with Gasteiger partial charge in [-0.2, -0.15) is 0 Å². The highest BCUT2D eigenvalue weighted by atomic mass is 16.2. The Bertz CT molecular complexity index is 1710. The number of hydrogen-bond acceptors (Lipinski definition) is 5. The summed E-state index contributed by atoms with van der Waals surface area (Å²) in [5, 5.41) is 4.28. The van der Waals surface area contributed by atoms with Crippen molar-refractivity contribution in [1.82, 2.24) is 14.9 Å². The van der Waals surface area contributed by atoms with Gasteiger partial charge in [-0.05, 0) is 49.6 Å². The zero-order valence-corrected chi connectivity index (χ0v) is 21.5. The van der Waals surface area contributed by atoms with Gasteiger partial charge in [0.1, 0.15) is 11.4 Å². The minimum Gasteiger partial charge on any atom is -0.297 e. The zero-order valence-electron chi connectivity index (χ0n) is 21.5. The number of rotatable bonds is 3. The Labute approximate surface area is 220 Å². The molecule has 3 aromatic carbocycles. The lowest BCUT2D eigenvalue weighted by atomic mass is 9.75. The van der Waals surface area contributed by atoms with Crippen LogP contribution in [-0.2, 0) is 15.1 Å². The molecule has 4 atom stereocenters. The number of fused-ring (bicyclic) bond motifs is 8. The van der Waals surface area contributed by atoms with Gasteiger partial charge in [-0.3, -0.25) is 24.3 Å². The lowest BCUT2D eigenvalue weighted by Crippen LogP contribution is -2.50. The van der Waals surface area contributed by atoms with Gasteiger partial charge in [0, 0.05) is 11.6 Å². The Kier molecular flexibility index (Phi) is 4.82. The minimum absolute atomic E-state index is 0.173. The summed E-state index contributed by atoms with van der Waals surface area (Å²) in [4.78, 5) is 48.7. The number of carbonyl (C=O) groups is 2. The Hall–Kier alpha value is -4.10. The molecule has 0 unspecified atom stereocenters. The molecule has 0 aliphatic carbocycles. The van der Waals surface area contributed by atoms with Gasteiger partial charge in [0.25, 0.3) is 5.56 Å². The second-order valence-corrected chi connectivity index (χ2v) is 11.1. The van der Waals surface area contributed by atoms with Crippen LogP contribution in [0.15, 0.2) is 77.6 Å². The van der Waals surface area contributed by atoms with Crippen molar-refractivity contribution in [2.24, 2.45) is 17.8 Å². The molecular formula is C31H28N4O3. The summed E-state index contributed by atoms with van der Waals surface area (Å²) in [5.41, 5.74) is 2.45. The Balaban J connectivity index is 1.52. The van der Waals surface area contributed by atoms with Crippen molar-refractivity contribution in [3.8, 4) is 5.69 Å². The maximum absolute atomic E-state index is 14.4. The summed E-state index contributed by atoms with van der Waals surface area (Å²) in [6, 6.07) is 22.2. The maximum atomic E-state index is 14.4. The fourth-order valence-corrected chi connectivity index (χ4v) is 6.88. The molecule has 7 rings (SSSR count). The minimum atomic E-state index is -1.10. The SMILES string of the molecule is Cc1ccc(N2C(=O)[C@H]3[C@H](CC(C)C)N[C@@]4(c5ccccc5-n5c4nc4ccccc4c5=O)[C@H]3C2=O)cc1. The highest BCUT2D eigenvalue weighted by Crippen LogP contribution is 2.56. The van der Waals surface area contributed by atoms with Gasteiger partial charge < -0.3 is 0 Å². The monoisotopic (exact) mass is 504 g/mol. The van der Waals surface area contributed by atoms with Crippen LogP contribution >= 0.6 is 0 Å². The van der Waals surface area contributed by atoms with Gasteiger partial charge in [-0.15, -0.1) is 0 Å². The third-order valence-corrected chi connectivity index (χ3v) is 8.38. The van der Waals surface area contributed by atoms with Crippen LogP contribution in [0.4, 0.5) is 5.69 Å². The van der Waals surface area contributed by atoms with Gasteiger partial charge in [0.2, 0.25) is 11.8 Å². The number of aromatic nitrogens is 2. The van der Waals surface area contributed by atoms with Crippen molar-refractivity contribution in [2.75, 3.05) is 4.90 Å². The first kappa shape index (κ1) is 23.0. The molecule has 2 fully saturated rings. The second kappa shape index (κ2) is 7.95. The van der Waals surface area contributed by atoms with E-state index >= 15 is 0 Å². The molecule has 1 N–H and O–H groups in total. The first-order valence-electron chi connectivity index (χ1n) is 13.2. The van der Waals surface area contributed by atoms with Crippen LogP contribution < -0.4 is 15.8 Å². The summed E-state index contributed by atoms with van der Waals surface area (Å²) in [5.74, 6) is -0.984. The van der Waals surface area contributed by atoms with E-state index in [-0.39, 0.29) is 23.4 Å². The lowest BCUT2D eigenvalue weighted by Gasteiger charge is -2.32. The third kappa shape index (κ3) is 2.88. The summed E-state index contributed by atoms with van der Waals surface area (Å²) in [6.45, 7) is 6.21.